The van der Waals surface area contributed by atoms with Gasteiger partial charge >= 0.3 is 0 Å². The van der Waals surface area contributed by atoms with Crippen LogP contribution in [0, 0.1) is 18.3 Å². The van der Waals surface area contributed by atoms with Crippen LogP contribution in [0.15, 0.2) is 18.2 Å². The van der Waals surface area contributed by atoms with Gasteiger partial charge in [0.05, 0.1) is 12.7 Å². The van der Waals surface area contributed by atoms with Gasteiger partial charge in [0.25, 0.3) is 0 Å². The predicted molar refractivity (Wildman–Crippen MR) is 64.4 cm³/mol. The smallest absolute Gasteiger partial charge is 0.121 e. The fraction of sp³-hybridized carbons (Fsp3) is 0.417. The first kappa shape index (κ1) is 13.0. The van der Waals surface area contributed by atoms with Crippen molar-refractivity contribution in [2.75, 3.05) is 20.3 Å². The molecule has 1 rings (SSSR count). The summed E-state index contributed by atoms with van der Waals surface area (Å²) in [5.74, 6) is 0. The molecule has 0 aromatic heterocycles. The van der Waals surface area contributed by atoms with Crippen molar-refractivity contribution in [3.63, 3.8) is 0 Å². The summed E-state index contributed by atoms with van der Waals surface area (Å²) >= 11 is 6.01. The van der Waals surface area contributed by atoms with Gasteiger partial charge in [0.2, 0.25) is 0 Å². The first-order valence-corrected chi connectivity index (χ1v) is 5.45. The normalized spacial score (nSPS) is 12.1. The van der Waals surface area contributed by atoms with Crippen molar-refractivity contribution in [3.05, 3.63) is 34.3 Å². The van der Waals surface area contributed by atoms with Gasteiger partial charge in [-0.1, -0.05) is 23.7 Å². The van der Waals surface area contributed by atoms with Crippen LogP contribution in [0.4, 0.5) is 0 Å². The molecule has 0 fully saturated rings. The van der Waals surface area contributed by atoms with Crippen molar-refractivity contribution < 1.29 is 4.74 Å². The number of nitriles is 1. The minimum Gasteiger partial charge on any atom is -0.383 e. The molecule has 1 atom stereocenters. The van der Waals surface area contributed by atoms with Crippen LogP contribution in [0.25, 0.3) is 0 Å². The predicted octanol–water partition coefficient (Wildman–Crippen LogP) is 2.45. The first-order chi connectivity index (χ1) is 7.69. The molecular formula is C12H15ClN2O. The summed E-state index contributed by atoms with van der Waals surface area (Å²) in [5.41, 5.74) is 1.90. The molecule has 4 heteroatoms. The second-order valence-electron chi connectivity index (χ2n) is 3.52. The Morgan fingerprint density at radius 2 is 2.31 bits per heavy atom. The van der Waals surface area contributed by atoms with Gasteiger partial charge in [0.1, 0.15) is 6.04 Å². The molecule has 16 heavy (non-hydrogen) atoms. The quantitative estimate of drug-likeness (QED) is 0.802. The number of ether oxygens (including phenoxy) is 1. The number of rotatable bonds is 5. The van der Waals surface area contributed by atoms with Crippen molar-refractivity contribution >= 4 is 11.6 Å². The number of aryl methyl sites for hydroxylation is 1. The molecule has 0 bridgehead atoms. The summed E-state index contributed by atoms with van der Waals surface area (Å²) in [6.45, 7) is 3.16. The van der Waals surface area contributed by atoms with Crippen LogP contribution in [0.2, 0.25) is 5.02 Å². The molecule has 0 radical (unpaired) electrons. The number of hydrogen-bond acceptors (Lipinski definition) is 3. The third kappa shape index (κ3) is 3.49. The van der Waals surface area contributed by atoms with Crippen molar-refractivity contribution in [3.8, 4) is 6.07 Å². The van der Waals surface area contributed by atoms with E-state index in [0.717, 1.165) is 11.1 Å². The summed E-state index contributed by atoms with van der Waals surface area (Å²) in [6, 6.07) is 7.51. The number of hydrogen-bond donors (Lipinski definition) is 1. The van der Waals surface area contributed by atoms with Crippen LogP contribution in [0.3, 0.4) is 0 Å². The third-order valence-electron chi connectivity index (χ3n) is 2.31. The molecule has 1 unspecified atom stereocenters. The highest BCUT2D eigenvalue weighted by Crippen LogP contribution is 2.20. The number of benzene rings is 1. The van der Waals surface area contributed by atoms with Crippen molar-refractivity contribution in [1.82, 2.24) is 5.32 Å². The second-order valence-corrected chi connectivity index (χ2v) is 3.92. The molecule has 0 aliphatic heterocycles. The fourth-order valence-corrected chi connectivity index (χ4v) is 1.52. The molecule has 1 aromatic carbocycles. The summed E-state index contributed by atoms with van der Waals surface area (Å²) in [6.07, 6.45) is 0. The van der Waals surface area contributed by atoms with Crippen molar-refractivity contribution in [2.45, 2.75) is 13.0 Å². The molecule has 0 amide bonds. The Balaban J connectivity index is 2.72. The Morgan fingerprint density at radius 1 is 1.56 bits per heavy atom. The van der Waals surface area contributed by atoms with Gasteiger partial charge < -0.3 is 4.74 Å². The second kappa shape index (κ2) is 6.49. The molecule has 0 spiro atoms. The first-order valence-electron chi connectivity index (χ1n) is 5.07. The van der Waals surface area contributed by atoms with Crippen LogP contribution in [-0.4, -0.2) is 20.3 Å². The Labute approximate surface area is 101 Å². The van der Waals surface area contributed by atoms with Gasteiger partial charge in [-0.2, -0.15) is 5.26 Å². The van der Waals surface area contributed by atoms with Gasteiger partial charge in [-0.05, 0) is 24.1 Å². The van der Waals surface area contributed by atoms with E-state index >= 15 is 0 Å². The largest absolute Gasteiger partial charge is 0.383 e. The molecule has 0 saturated carbocycles. The topological polar surface area (TPSA) is 45.0 Å². The van der Waals surface area contributed by atoms with Crippen LogP contribution in [-0.2, 0) is 4.74 Å². The van der Waals surface area contributed by atoms with Crippen LogP contribution in [0.1, 0.15) is 17.2 Å². The van der Waals surface area contributed by atoms with Crippen LogP contribution < -0.4 is 5.32 Å². The van der Waals surface area contributed by atoms with E-state index in [2.05, 4.69) is 11.4 Å². The number of nitrogens with zero attached hydrogens (tertiary/aromatic N) is 1. The highest BCUT2D eigenvalue weighted by molar-refractivity contribution is 6.31. The number of nitrogens with one attached hydrogen (secondary N) is 1. The Morgan fingerprint density at radius 3 is 2.88 bits per heavy atom. The summed E-state index contributed by atoms with van der Waals surface area (Å²) < 4.78 is 4.92. The zero-order chi connectivity index (χ0) is 12.0. The fourth-order valence-electron chi connectivity index (χ4n) is 1.33. The zero-order valence-corrected chi connectivity index (χ0v) is 10.2. The monoisotopic (exact) mass is 238 g/mol. The SMILES string of the molecule is COCCNC(C#N)c1ccc(C)c(Cl)c1. The Kier molecular flexibility index (Phi) is 5.27. The lowest BCUT2D eigenvalue weighted by Gasteiger charge is -2.12. The van der Waals surface area contributed by atoms with Gasteiger partial charge in [0, 0.05) is 18.7 Å². The number of methoxy groups -OCH3 is 1. The molecule has 0 aliphatic carbocycles. The molecule has 3 nitrogen and oxygen atoms in total. The maximum Gasteiger partial charge on any atom is 0.121 e. The van der Waals surface area contributed by atoms with E-state index in [1.807, 2.05) is 25.1 Å². The van der Waals surface area contributed by atoms with E-state index < -0.39 is 0 Å². The van der Waals surface area contributed by atoms with Crippen molar-refractivity contribution in [2.24, 2.45) is 0 Å². The molecular weight excluding hydrogens is 224 g/mol. The average molecular weight is 239 g/mol. The van der Waals surface area contributed by atoms with Crippen LogP contribution in [0.5, 0.6) is 0 Å². The minimum absolute atomic E-state index is 0.340. The standard InChI is InChI=1S/C12H15ClN2O/c1-9-3-4-10(7-11(9)13)12(8-14)15-5-6-16-2/h3-4,7,12,15H,5-6H2,1-2H3. The van der Waals surface area contributed by atoms with E-state index in [0.29, 0.717) is 18.2 Å². The lowest BCUT2D eigenvalue weighted by atomic mass is 10.1. The highest BCUT2D eigenvalue weighted by atomic mass is 35.5. The summed E-state index contributed by atoms with van der Waals surface area (Å²) in [4.78, 5) is 0. The van der Waals surface area contributed by atoms with Crippen LogP contribution >= 0.6 is 11.6 Å². The van der Waals surface area contributed by atoms with E-state index in [1.165, 1.54) is 0 Å². The average Bonchev–Trinajstić information content (AvgIpc) is 2.29. The molecule has 1 aromatic rings. The van der Waals surface area contributed by atoms with Gasteiger partial charge in [-0.3, -0.25) is 5.32 Å². The maximum atomic E-state index is 9.04. The van der Waals surface area contributed by atoms with Gasteiger partial charge in [-0.15, -0.1) is 0 Å². The van der Waals surface area contributed by atoms with E-state index in [4.69, 9.17) is 21.6 Å². The minimum atomic E-state index is -0.340. The molecule has 0 heterocycles. The molecule has 86 valence electrons. The van der Waals surface area contributed by atoms with E-state index in [-0.39, 0.29) is 6.04 Å². The van der Waals surface area contributed by atoms with E-state index in [9.17, 15) is 0 Å². The van der Waals surface area contributed by atoms with Gasteiger partial charge in [-0.25, -0.2) is 0 Å². The Bertz CT molecular complexity index is 387. The lowest BCUT2D eigenvalue weighted by molar-refractivity contribution is 0.198. The number of halogens is 1. The Hall–Kier alpha value is -1.08. The lowest BCUT2D eigenvalue weighted by Crippen LogP contribution is -2.23. The highest BCUT2D eigenvalue weighted by Gasteiger charge is 2.10. The maximum absolute atomic E-state index is 9.04. The zero-order valence-electron chi connectivity index (χ0n) is 9.46. The summed E-state index contributed by atoms with van der Waals surface area (Å²) in [5, 5.41) is 12.8. The molecule has 0 aliphatic rings. The van der Waals surface area contributed by atoms with Crippen molar-refractivity contribution in [1.29, 1.82) is 5.26 Å². The molecule has 0 saturated heterocycles. The van der Waals surface area contributed by atoms with Gasteiger partial charge in [0.15, 0.2) is 0 Å². The third-order valence-corrected chi connectivity index (χ3v) is 2.72. The molecule has 1 N–H and O–H groups in total. The van der Waals surface area contributed by atoms with E-state index in [1.54, 1.807) is 7.11 Å². The summed E-state index contributed by atoms with van der Waals surface area (Å²) in [7, 11) is 1.63.